The molecule has 0 spiro atoms. The van der Waals surface area contributed by atoms with Gasteiger partial charge in [-0.3, -0.25) is 0 Å². The van der Waals surface area contributed by atoms with E-state index < -0.39 is 0 Å². The number of anilines is 1. The van der Waals surface area contributed by atoms with Crippen molar-refractivity contribution >= 4 is 12.0 Å². The van der Waals surface area contributed by atoms with Crippen molar-refractivity contribution in [3.8, 4) is 0 Å². The zero-order chi connectivity index (χ0) is 13.5. The minimum Gasteiger partial charge on any atom is -0.377 e. The molecule has 7 nitrogen and oxygen atoms in total. The van der Waals surface area contributed by atoms with Crippen LogP contribution in [0.25, 0.3) is 0 Å². The third-order valence-electron chi connectivity index (χ3n) is 2.88. The molecule has 1 aromatic rings. The van der Waals surface area contributed by atoms with Gasteiger partial charge in [0.05, 0.1) is 19.3 Å². The van der Waals surface area contributed by atoms with E-state index in [1.807, 2.05) is 6.92 Å². The van der Waals surface area contributed by atoms with Gasteiger partial charge < -0.3 is 20.3 Å². The van der Waals surface area contributed by atoms with Gasteiger partial charge in [0.2, 0.25) is 5.95 Å². The average Bonchev–Trinajstić information content (AvgIpc) is 2.45. The minimum absolute atomic E-state index is 0.0495. The fraction of sp³-hybridized carbons (Fsp3) is 0.583. The summed E-state index contributed by atoms with van der Waals surface area (Å²) in [6.45, 7) is 4.95. The maximum atomic E-state index is 11.9. The van der Waals surface area contributed by atoms with Crippen LogP contribution in [0.15, 0.2) is 18.5 Å². The van der Waals surface area contributed by atoms with Gasteiger partial charge in [-0.05, 0) is 13.0 Å². The molecular weight excluding hydrogens is 246 g/mol. The number of nitrogens with one attached hydrogen (secondary N) is 2. The van der Waals surface area contributed by atoms with Crippen molar-refractivity contribution in [1.82, 2.24) is 20.2 Å². The molecule has 0 aromatic carbocycles. The molecule has 1 aliphatic rings. The Hall–Kier alpha value is -1.89. The van der Waals surface area contributed by atoms with Gasteiger partial charge in [-0.1, -0.05) is 0 Å². The van der Waals surface area contributed by atoms with Crippen molar-refractivity contribution < 1.29 is 9.53 Å². The summed E-state index contributed by atoms with van der Waals surface area (Å²) in [5.74, 6) is 0.566. The Morgan fingerprint density at radius 1 is 1.47 bits per heavy atom. The van der Waals surface area contributed by atoms with Crippen molar-refractivity contribution in [2.24, 2.45) is 0 Å². The molecule has 2 heterocycles. The van der Waals surface area contributed by atoms with Gasteiger partial charge >= 0.3 is 6.03 Å². The van der Waals surface area contributed by atoms with Gasteiger partial charge in [0.1, 0.15) is 0 Å². The normalized spacial score (nSPS) is 19.0. The molecule has 2 amide bonds. The predicted molar refractivity (Wildman–Crippen MR) is 70.9 cm³/mol. The van der Waals surface area contributed by atoms with Crippen LogP contribution in [0.5, 0.6) is 0 Å². The third kappa shape index (κ3) is 4.06. The molecule has 1 saturated heterocycles. The fourth-order valence-corrected chi connectivity index (χ4v) is 1.86. The number of ether oxygens (including phenoxy) is 1. The second-order valence-electron chi connectivity index (χ2n) is 4.35. The summed E-state index contributed by atoms with van der Waals surface area (Å²) in [5, 5.41) is 5.90. The highest BCUT2D eigenvalue weighted by molar-refractivity contribution is 5.74. The molecule has 2 rings (SSSR count). The van der Waals surface area contributed by atoms with Gasteiger partial charge in [0, 0.05) is 32.0 Å². The van der Waals surface area contributed by atoms with Crippen molar-refractivity contribution in [3.63, 3.8) is 0 Å². The summed E-state index contributed by atoms with van der Waals surface area (Å²) >= 11 is 0. The van der Waals surface area contributed by atoms with Crippen molar-refractivity contribution in [2.75, 3.05) is 38.2 Å². The molecule has 1 atom stereocenters. The second-order valence-corrected chi connectivity index (χ2v) is 4.35. The molecular formula is C12H19N5O2. The van der Waals surface area contributed by atoms with Crippen LogP contribution in [0, 0.1) is 0 Å². The molecule has 0 aliphatic carbocycles. The van der Waals surface area contributed by atoms with E-state index in [4.69, 9.17) is 4.74 Å². The first-order chi connectivity index (χ1) is 9.27. The number of urea groups is 1. The highest BCUT2D eigenvalue weighted by Crippen LogP contribution is 2.05. The highest BCUT2D eigenvalue weighted by Gasteiger charge is 2.22. The predicted octanol–water partition coefficient (Wildman–Crippen LogP) is 0.319. The van der Waals surface area contributed by atoms with Gasteiger partial charge in [-0.2, -0.15) is 0 Å². The van der Waals surface area contributed by atoms with Crippen LogP contribution in [-0.2, 0) is 4.74 Å². The molecule has 0 bridgehead atoms. The zero-order valence-corrected chi connectivity index (χ0v) is 11.0. The van der Waals surface area contributed by atoms with Crippen molar-refractivity contribution in [1.29, 1.82) is 0 Å². The van der Waals surface area contributed by atoms with E-state index in [2.05, 4.69) is 20.6 Å². The summed E-state index contributed by atoms with van der Waals surface area (Å²) in [7, 11) is 0. The molecule has 1 aliphatic heterocycles. The monoisotopic (exact) mass is 265 g/mol. The quantitative estimate of drug-likeness (QED) is 0.766. The molecule has 0 radical (unpaired) electrons. The standard InChI is InChI=1S/C12H19N5O2/c1-10-9-19-8-7-17(10)12(18)16-6-5-15-11-13-3-2-4-14-11/h2-4,10H,5-9H2,1H3,(H,16,18)(H,13,14,15)/t10-/m0/s1. The largest absolute Gasteiger partial charge is 0.377 e. The number of hydrogen-bond donors (Lipinski definition) is 2. The summed E-state index contributed by atoms with van der Waals surface area (Å²) in [6.07, 6.45) is 3.34. The van der Waals surface area contributed by atoms with Crippen molar-refractivity contribution in [2.45, 2.75) is 13.0 Å². The van der Waals surface area contributed by atoms with E-state index in [9.17, 15) is 4.79 Å². The summed E-state index contributed by atoms with van der Waals surface area (Å²) in [6, 6.07) is 1.83. The van der Waals surface area contributed by atoms with Gasteiger partial charge in [-0.15, -0.1) is 0 Å². The number of morpholine rings is 1. The van der Waals surface area contributed by atoms with E-state index in [1.54, 1.807) is 23.4 Å². The molecule has 1 fully saturated rings. The number of aromatic nitrogens is 2. The Balaban J connectivity index is 1.66. The lowest BCUT2D eigenvalue weighted by Gasteiger charge is -2.33. The number of rotatable bonds is 4. The maximum absolute atomic E-state index is 11.9. The van der Waals surface area contributed by atoms with Crippen LogP contribution < -0.4 is 10.6 Å². The van der Waals surface area contributed by atoms with Gasteiger partial charge in [0.15, 0.2) is 0 Å². The summed E-state index contributed by atoms with van der Waals surface area (Å²) in [5.41, 5.74) is 0. The molecule has 19 heavy (non-hydrogen) atoms. The van der Waals surface area contributed by atoms with Crippen molar-refractivity contribution in [3.05, 3.63) is 18.5 Å². The minimum atomic E-state index is -0.0495. The lowest BCUT2D eigenvalue weighted by molar-refractivity contribution is 0.0191. The number of nitrogens with zero attached hydrogens (tertiary/aromatic N) is 3. The molecule has 1 aromatic heterocycles. The molecule has 7 heteroatoms. The first kappa shape index (κ1) is 13.5. The van der Waals surface area contributed by atoms with Crippen LogP contribution in [0.1, 0.15) is 6.92 Å². The smallest absolute Gasteiger partial charge is 0.317 e. The van der Waals surface area contributed by atoms with E-state index in [-0.39, 0.29) is 12.1 Å². The first-order valence-electron chi connectivity index (χ1n) is 6.40. The summed E-state index contributed by atoms with van der Waals surface area (Å²) in [4.78, 5) is 21.8. The van der Waals surface area contributed by atoms with E-state index in [0.717, 1.165) is 0 Å². The van der Waals surface area contributed by atoms with Crippen LogP contribution in [-0.4, -0.2) is 59.8 Å². The SMILES string of the molecule is C[C@H]1COCCN1C(=O)NCCNc1ncccn1. The Bertz CT molecular complexity index is 400. The van der Waals surface area contributed by atoms with Crippen LogP contribution in [0.3, 0.4) is 0 Å². The summed E-state index contributed by atoms with van der Waals surface area (Å²) < 4.78 is 5.30. The third-order valence-corrected chi connectivity index (χ3v) is 2.88. The Labute approximate surface area is 112 Å². The lowest BCUT2D eigenvalue weighted by atomic mass is 10.3. The Kier molecular flexibility index (Phi) is 4.91. The topological polar surface area (TPSA) is 79.4 Å². The lowest BCUT2D eigenvalue weighted by Crippen LogP contribution is -2.51. The second kappa shape index (κ2) is 6.89. The van der Waals surface area contributed by atoms with E-state index >= 15 is 0 Å². The van der Waals surface area contributed by atoms with Crippen LogP contribution >= 0.6 is 0 Å². The fourth-order valence-electron chi connectivity index (χ4n) is 1.86. The molecule has 2 N–H and O–H groups in total. The van der Waals surface area contributed by atoms with Crippen LogP contribution in [0.2, 0.25) is 0 Å². The molecule has 0 unspecified atom stereocenters. The van der Waals surface area contributed by atoms with Crippen LogP contribution in [0.4, 0.5) is 10.7 Å². The van der Waals surface area contributed by atoms with E-state index in [1.165, 1.54) is 0 Å². The Morgan fingerprint density at radius 2 is 2.26 bits per heavy atom. The Morgan fingerprint density at radius 3 is 3.00 bits per heavy atom. The average molecular weight is 265 g/mol. The van der Waals surface area contributed by atoms with Gasteiger partial charge in [-0.25, -0.2) is 14.8 Å². The molecule has 104 valence electrons. The maximum Gasteiger partial charge on any atom is 0.317 e. The zero-order valence-electron chi connectivity index (χ0n) is 11.0. The number of carbonyl (C=O) groups is 1. The first-order valence-corrected chi connectivity index (χ1v) is 6.40. The number of amides is 2. The van der Waals surface area contributed by atoms with E-state index in [0.29, 0.717) is 38.8 Å². The molecule has 0 saturated carbocycles. The highest BCUT2D eigenvalue weighted by atomic mass is 16.5. The number of hydrogen-bond acceptors (Lipinski definition) is 5. The van der Waals surface area contributed by atoms with Gasteiger partial charge in [0.25, 0.3) is 0 Å². The number of carbonyl (C=O) groups excluding carboxylic acids is 1.